The van der Waals surface area contributed by atoms with E-state index >= 15 is 0 Å². The van der Waals surface area contributed by atoms with Crippen molar-refractivity contribution in [3.05, 3.63) is 0 Å². The number of hydrogen-bond acceptors (Lipinski definition) is 2. The Bertz CT molecular complexity index is 254. The van der Waals surface area contributed by atoms with Crippen molar-refractivity contribution >= 4 is 11.9 Å². The van der Waals surface area contributed by atoms with Crippen LogP contribution in [0.25, 0.3) is 0 Å². The molecule has 4 heteroatoms. The monoisotopic (exact) mass is 166 g/mol. The predicted octanol–water partition coefficient (Wildman–Crippen LogP) is -0.0500. The number of hydrogen-bond donors (Lipinski definition) is 1. The summed E-state index contributed by atoms with van der Waals surface area (Å²) in [7, 11) is 0. The number of rotatable bonds is 1. The number of urea groups is 1. The molecule has 4 nitrogen and oxygen atoms in total. The summed E-state index contributed by atoms with van der Waals surface area (Å²) in [4.78, 5) is 23.3. The smallest absolute Gasteiger partial charge is 0.310 e. The van der Waals surface area contributed by atoms with Gasteiger partial charge in [0.15, 0.2) is 0 Å². The van der Waals surface area contributed by atoms with Gasteiger partial charge in [-0.05, 0) is 6.92 Å². The lowest BCUT2D eigenvalue weighted by molar-refractivity contribution is -0.121. The molecule has 3 amide bonds. The molecule has 64 valence electrons. The summed E-state index contributed by atoms with van der Waals surface area (Å²) < 4.78 is 0. The summed E-state index contributed by atoms with van der Waals surface area (Å²) in [5.41, 5.74) is 0. The van der Waals surface area contributed by atoms with Crippen molar-refractivity contribution in [2.75, 3.05) is 6.54 Å². The molecule has 1 fully saturated rings. The summed E-state index contributed by atoms with van der Waals surface area (Å²) in [5.74, 6) is 2.20. The van der Waals surface area contributed by atoms with E-state index in [-0.39, 0.29) is 11.9 Å². The molecule has 0 aromatic heterocycles. The van der Waals surface area contributed by atoms with E-state index in [2.05, 4.69) is 11.2 Å². The maximum atomic E-state index is 11.1. The number of amides is 3. The number of carbonyl (C=O) groups excluding carboxylic acids is 2. The minimum Gasteiger partial charge on any atom is -0.310 e. The Morgan fingerprint density at radius 3 is 2.83 bits per heavy atom. The van der Waals surface area contributed by atoms with Crippen LogP contribution in [0.1, 0.15) is 13.3 Å². The van der Waals surface area contributed by atoms with Gasteiger partial charge in [-0.1, -0.05) is 5.92 Å². The van der Waals surface area contributed by atoms with Crippen molar-refractivity contribution in [1.29, 1.82) is 0 Å². The molecule has 0 saturated carbocycles. The van der Waals surface area contributed by atoms with Crippen LogP contribution in [0.2, 0.25) is 0 Å². The first kappa shape index (κ1) is 8.60. The zero-order valence-electron chi connectivity index (χ0n) is 6.83. The lowest BCUT2D eigenvalue weighted by atomic mass is 10.2. The number of nitrogens with zero attached hydrogens (tertiary/aromatic N) is 1. The Morgan fingerprint density at radius 2 is 2.33 bits per heavy atom. The van der Waals surface area contributed by atoms with Crippen LogP contribution in [-0.4, -0.2) is 29.4 Å². The molecular weight excluding hydrogens is 156 g/mol. The van der Waals surface area contributed by atoms with E-state index in [1.54, 1.807) is 6.92 Å². The van der Waals surface area contributed by atoms with Crippen LogP contribution < -0.4 is 5.32 Å². The van der Waals surface area contributed by atoms with Crippen molar-refractivity contribution in [3.63, 3.8) is 0 Å². The van der Waals surface area contributed by atoms with E-state index in [0.717, 1.165) is 0 Å². The van der Waals surface area contributed by atoms with E-state index in [9.17, 15) is 9.59 Å². The Balaban J connectivity index is 2.64. The molecule has 0 aromatic carbocycles. The quantitative estimate of drug-likeness (QED) is 0.555. The molecule has 0 aliphatic carbocycles. The molecule has 0 aromatic rings. The summed E-state index contributed by atoms with van der Waals surface area (Å²) in [6.07, 6.45) is 5.47. The molecule has 0 bridgehead atoms. The molecule has 1 rings (SSSR count). The van der Waals surface area contributed by atoms with Gasteiger partial charge in [0.1, 0.15) is 0 Å². The van der Waals surface area contributed by atoms with Gasteiger partial charge in [0.05, 0.1) is 6.04 Å². The van der Waals surface area contributed by atoms with Gasteiger partial charge in [-0.15, -0.1) is 6.42 Å². The fourth-order valence-electron chi connectivity index (χ4n) is 1.04. The Hall–Kier alpha value is -1.50. The van der Waals surface area contributed by atoms with Crippen LogP contribution in [0.4, 0.5) is 4.79 Å². The van der Waals surface area contributed by atoms with Crippen LogP contribution in [0, 0.1) is 12.3 Å². The zero-order chi connectivity index (χ0) is 9.14. The predicted molar refractivity (Wildman–Crippen MR) is 43.2 cm³/mol. The molecule has 12 heavy (non-hydrogen) atoms. The maximum Gasteiger partial charge on any atom is 0.325 e. The number of terminal acetylenes is 1. The van der Waals surface area contributed by atoms with Crippen LogP contribution in [0.5, 0.6) is 0 Å². The van der Waals surface area contributed by atoms with Gasteiger partial charge < -0.3 is 4.90 Å². The number of nitrogens with one attached hydrogen (secondary N) is 1. The highest BCUT2D eigenvalue weighted by Crippen LogP contribution is 2.04. The maximum absolute atomic E-state index is 11.1. The fraction of sp³-hybridized carbons (Fsp3) is 0.500. The third-order valence-corrected chi connectivity index (χ3v) is 1.80. The van der Waals surface area contributed by atoms with Crippen molar-refractivity contribution in [2.45, 2.75) is 19.4 Å². The summed E-state index contributed by atoms with van der Waals surface area (Å²) in [6.45, 7) is 2.16. The SMILES string of the molecule is C#CC(C)N1CCC(=O)NC1=O. The standard InChI is InChI=1S/C8H10N2O2/c1-3-6(2)10-5-4-7(11)9-8(10)12/h1,6H,4-5H2,2H3,(H,9,11,12). The second-order valence-electron chi connectivity index (χ2n) is 2.64. The van der Waals surface area contributed by atoms with Gasteiger partial charge in [-0.25, -0.2) is 4.79 Å². The van der Waals surface area contributed by atoms with Gasteiger partial charge in [0.25, 0.3) is 0 Å². The van der Waals surface area contributed by atoms with Gasteiger partial charge >= 0.3 is 6.03 Å². The highest BCUT2D eigenvalue weighted by atomic mass is 16.2. The lowest BCUT2D eigenvalue weighted by Crippen LogP contribution is -2.52. The van der Waals surface area contributed by atoms with Crippen molar-refractivity contribution in [3.8, 4) is 12.3 Å². The highest BCUT2D eigenvalue weighted by molar-refractivity contribution is 5.96. The fourth-order valence-corrected chi connectivity index (χ4v) is 1.04. The first-order valence-corrected chi connectivity index (χ1v) is 3.71. The van der Waals surface area contributed by atoms with Crippen LogP contribution >= 0.6 is 0 Å². The minimum atomic E-state index is -0.392. The highest BCUT2D eigenvalue weighted by Gasteiger charge is 2.25. The molecule has 1 aliphatic rings. The third kappa shape index (κ3) is 1.56. The second kappa shape index (κ2) is 3.26. The first-order chi connectivity index (χ1) is 5.65. The van der Waals surface area contributed by atoms with Crippen molar-refractivity contribution < 1.29 is 9.59 Å². The zero-order valence-corrected chi connectivity index (χ0v) is 6.83. The molecule has 1 unspecified atom stereocenters. The topological polar surface area (TPSA) is 49.4 Å². The second-order valence-corrected chi connectivity index (χ2v) is 2.64. The lowest BCUT2D eigenvalue weighted by Gasteiger charge is -2.28. The molecule has 1 heterocycles. The normalized spacial score (nSPS) is 19.8. The van der Waals surface area contributed by atoms with Crippen LogP contribution in [0.15, 0.2) is 0 Å². The van der Waals surface area contributed by atoms with E-state index in [4.69, 9.17) is 6.42 Å². The summed E-state index contributed by atoms with van der Waals surface area (Å²) >= 11 is 0. The molecule has 1 atom stereocenters. The Kier molecular flexibility index (Phi) is 2.34. The van der Waals surface area contributed by atoms with E-state index in [0.29, 0.717) is 13.0 Å². The molecule has 1 aliphatic heterocycles. The Morgan fingerprint density at radius 1 is 1.67 bits per heavy atom. The van der Waals surface area contributed by atoms with E-state index in [1.165, 1.54) is 4.90 Å². The van der Waals surface area contributed by atoms with E-state index in [1.807, 2.05) is 0 Å². The van der Waals surface area contributed by atoms with Crippen LogP contribution in [0.3, 0.4) is 0 Å². The van der Waals surface area contributed by atoms with Crippen molar-refractivity contribution in [2.24, 2.45) is 0 Å². The van der Waals surface area contributed by atoms with Gasteiger partial charge in [0.2, 0.25) is 5.91 Å². The average Bonchev–Trinajstić information content (AvgIpc) is 2.03. The number of carbonyl (C=O) groups is 2. The van der Waals surface area contributed by atoms with Crippen LogP contribution in [-0.2, 0) is 4.79 Å². The van der Waals surface area contributed by atoms with Gasteiger partial charge in [-0.2, -0.15) is 0 Å². The first-order valence-electron chi connectivity index (χ1n) is 3.71. The minimum absolute atomic E-state index is 0.236. The summed E-state index contributed by atoms with van der Waals surface area (Å²) in [5, 5.41) is 2.20. The average molecular weight is 166 g/mol. The van der Waals surface area contributed by atoms with Gasteiger partial charge in [0, 0.05) is 13.0 Å². The molecular formula is C8H10N2O2. The Labute approximate surface area is 70.9 Å². The van der Waals surface area contributed by atoms with Crippen molar-refractivity contribution in [1.82, 2.24) is 10.2 Å². The largest absolute Gasteiger partial charge is 0.325 e. The molecule has 0 radical (unpaired) electrons. The molecule has 1 N–H and O–H groups in total. The summed E-state index contributed by atoms with van der Waals surface area (Å²) in [6, 6.07) is -0.644. The molecule has 0 spiro atoms. The van der Waals surface area contributed by atoms with Gasteiger partial charge in [-0.3, -0.25) is 10.1 Å². The molecule has 1 saturated heterocycles. The number of imide groups is 1. The third-order valence-electron chi connectivity index (χ3n) is 1.80. The van der Waals surface area contributed by atoms with E-state index < -0.39 is 6.03 Å².